The lowest BCUT2D eigenvalue weighted by molar-refractivity contribution is -0.142. The molecule has 2 atom stereocenters. The molecule has 0 radical (unpaired) electrons. The number of methoxy groups -OCH3 is 1. The number of rotatable bonds is 7. The number of nitrogens with zero attached hydrogens (tertiary/aromatic N) is 6. The summed E-state index contributed by atoms with van der Waals surface area (Å²) in [5.74, 6) is -0.0933. The highest BCUT2D eigenvalue weighted by Crippen LogP contribution is 2.34. The number of anilines is 1. The van der Waals surface area contributed by atoms with Crippen LogP contribution in [-0.4, -0.2) is 64.1 Å². The molecular weight excluding hydrogens is 451 g/mol. The van der Waals surface area contributed by atoms with Crippen LogP contribution in [0, 0.1) is 5.92 Å². The van der Waals surface area contributed by atoms with Crippen molar-refractivity contribution >= 4 is 17.0 Å². The molecule has 178 valence electrons. The van der Waals surface area contributed by atoms with E-state index in [1.165, 1.54) is 24.5 Å². The van der Waals surface area contributed by atoms with E-state index in [2.05, 4.69) is 20.1 Å². The molecule has 0 spiro atoms. The van der Waals surface area contributed by atoms with Crippen molar-refractivity contribution in [1.82, 2.24) is 24.7 Å². The molecule has 0 aliphatic carbocycles. The van der Waals surface area contributed by atoms with Crippen molar-refractivity contribution in [2.24, 2.45) is 5.92 Å². The van der Waals surface area contributed by atoms with Crippen molar-refractivity contribution in [3.8, 4) is 5.75 Å². The Morgan fingerprint density at radius 2 is 2.00 bits per heavy atom. The number of halogens is 5. The predicted molar refractivity (Wildman–Crippen MR) is 107 cm³/mol. The van der Waals surface area contributed by atoms with Gasteiger partial charge >= 0.3 is 6.18 Å². The lowest BCUT2D eigenvalue weighted by Crippen LogP contribution is -2.46. The van der Waals surface area contributed by atoms with Crippen LogP contribution in [0.2, 0.25) is 0 Å². The van der Waals surface area contributed by atoms with Crippen molar-refractivity contribution in [3.05, 3.63) is 36.4 Å². The Bertz CT molecular complexity index is 1090. The minimum atomic E-state index is -4.63. The Kier molecular flexibility index (Phi) is 6.58. The molecule has 1 aliphatic heterocycles. The Balaban J connectivity index is 1.52. The summed E-state index contributed by atoms with van der Waals surface area (Å²) in [4.78, 5) is 14.0. The summed E-state index contributed by atoms with van der Waals surface area (Å²) in [5.41, 5.74) is -0.467. The summed E-state index contributed by atoms with van der Waals surface area (Å²) in [6, 6.07) is 2.61. The van der Waals surface area contributed by atoms with Gasteiger partial charge in [-0.3, -0.25) is 0 Å². The molecule has 2 unspecified atom stereocenters. The van der Waals surface area contributed by atoms with Gasteiger partial charge in [-0.1, -0.05) is 0 Å². The molecule has 8 nitrogen and oxygen atoms in total. The molecule has 0 aromatic carbocycles. The third-order valence-corrected chi connectivity index (χ3v) is 5.31. The summed E-state index contributed by atoms with van der Waals surface area (Å²) in [6.45, 7) is 0.261. The van der Waals surface area contributed by atoms with Crippen LogP contribution < -0.4 is 9.64 Å². The zero-order chi connectivity index (χ0) is 23.6. The first kappa shape index (κ1) is 23.1. The first-order chi connectivity index (χ1) is 15.7. The first-order valence-electron chi connectivity index (χ1n) is 10.1. The van der Waals surface area contributed by atoms with Crippen LogP contribution in [0.4, 0.5) is 27.8 Å². The molecule has 4 rings (SSSR count). The predicted octanol–water partition coefficient (Wildman–Crippen LogP) is 3.43. The van der Waals surface area contributed by atoms with E-state index in [4.69, 9.17) is 9.47 Å². The minimum absolute atomic E-state index is 0.00409. The van der Waals surface area contributed by atoms with Gasteiger partial charge in [-0.05, 0) is 18.6 Å². The Labute approximate surface area is 185 Å². The number of pyridine rings is 1. The topological polar surface area (TPSA) is 78.2 Å². The highest BCUT2D eigenvalue weighted by Gasteiger charge is 2.37. The van der Waals surface area contributed by atoms with E-state index in [1.807, 2.05) is 4.90 Å². The number of aromatic nitrogens is 5. The maximum atomic E-state index is 13.2. The van der Waals surface area contributed by atoms with E-state index < -0.39 is 24.8 Å². The number of hydrogen-bond acceptors (Lipinski definition) is 7. The van der Waals surface area contributed by atoms with E-state index in [0.717, 1.165) is 10.9 Å². The van der Waals surface area contributed by atoms with E-state index in [-0.39, 0.29) is 30.0 Å². The fraction of sp³-hybridized carbons (Fsp3) is 0.500. The molecule has 13 heteroatoms. The van der Waals surface area contributed by atoms with Crippen LogP contribution in [0.5, 0.6) is 5.75 Å². The monoisotopic (exact) mass is 472 g/mol. The zero-order valence-corrected chi connectivity index (χ0v) is 17.5. The van der Waals surface area contributed by atoms with Crippen molar-refractivity contribution in [2.75, 3.05) is 31.7 Å². The summed E-state index contributed by atoms with van der Waals surface area (Å²) in [5, 5.41) is 3.91. The maximum absolute atomic E-state index is 13.2. The maximum Gasteiger partial charge on any atom is 0.437 e. The van der Waals surface area contributed by atoms with Crippen LogP contribution in [-0.2, 0) is 17.5 Å². The second-order valence-corrected chi connectivity index (χ2v) is 7.68. The fourth-order valence-corrected chi connectivity index (χ4v) is 3.82. The third kappa shape index (κ3) is 5.29. The van der Waals surface area contributed by atoms with Crippen LogP contribution >= 0.6 is 0 Å². The lowest BCUT2D eigenvalue weighted by atomic mass is 9.96. The molecule has 3 aromatic heterocycles. The average Bonchev–Trinajstić information content (AvgIpc) is 3.18. The van der Waals surface area contributed by atoms with Gasteiger partial charge in [-0.15, -0.1) is 0 Å². The molecule has 33 heavy (non-hydrogen) atoms. The molecule has 0 bridgehead atoms. The normalized spacial score (nSPS) is 19.4. The van der Waals surface area contributed by atoms with Gasteiger partial charge in [0, 0.05) is 32.3 Å². The van der Waals surface area contributed by atoms with Crippen LogP contribution in [0.3, 0.4) is 0 Å². The minimum Gasteiger partial charge on any atom is -0.491 e. The summed E-state index contributed by atoms with van der Waals surface area (Å²) in [7, 11) is 1.54. The first-order valence-corrected chi connectivity index (χ1v) is 10.1. The number of piperidine rings is 1. The van der Waals surface area contributed by atoms with Gasteiger partial charge in [0.05, 0.1) is 25.1 Å². The van der Waals surface area contributed by atoms with Crippen molar-refractivity contribution in [2.45, 2.75) is 31.7 Å². The van der Waals surface area contributed by atoms with Gasteiger partial charge in [0.2, 0.25) is 0 Å². The van der Waals surface area contributed by atoms with E-state index in [9.17, 15) is 22.0 Å². The van der Waals surface area contributed by atoms with Crippen LogP contribution in [0.1, 0.15) is 12.1 Å². The average molecular weight is 472 g/mol. The van der Waals surface area contributed by atoms with E-state index in [1.54, 1.807) is 7.11 Å². The fourth-order valence-electron chi connectivity index (χ4n) is 3.82. The zero-order valence-electron chi connectivity index (χ0n) is 17.5. The molecule has 0 saturated carbocycles. The Morgan fingerprint density at radius 1 is 1.18 bits per heavy atom. The van der Waals surface area contributed by atoms with Gasteiger partial charge in [-0.25, -0.2) is 28.4 Å². The number of alkyl halides is 5. The molecular formula is C20H21F5N6O2. The molecule has 3 aromatic rings. The van der Waals surface area contributed by atoms with Crippen molar-refractivity contribution < 1.29 is 31.4 Å². The lowest BCUT2D eigenvalue weighted by Gasteiger charge is -2.37. The molecule has 1 saturated heterocycles. The van der Waals surface area contributed by atoms with Gasteiger partial charge in [0.1, 0.15) is 23.6 Å². The smallest absolute Gasteiger partial charge is 0.437 e. The van der Waals surface area contributed by atoms with Crippen molar-refractivity contribution in [3.63, 3.8) is 0 Å². The van der Waals surface area contributed by atoms with Crippen LogP contribution in [0.25, 0.3) is 11.2 Å². The highest BCUT2D eigenvalue weighted by molar-refractivity contribution is 5.71. The number of hydrogen-bond donors (Lipinski definition) is 0. The molecule has 0 N–H and O–H groups in total. The van der Waals surface area contributed by atoms with Gasteiger partial charge < -0.3 is 14.4 Å². The molecule has 4 heterocycles. The second kappa shape index (κ2) is 9.41. The van der Waals surface area contributed by atoms with E-state index in [0.29, 0.717) is 30.8 Å². The summed E-state index contributed by atoms with van der Waals surface area (Å²) in [6.07, 6.45) is -2.95. The Hall–Kier alpha value is -3.09. The van der Waals surface area contributed by atoms with Gasteiger partial charge in [-0.2, -0.15) is 18.3 Å². The third-order valence-electron chi connectivity index (χ3n) is 5.31. The highest BCUT2D eigenvalue weighted by atomic mass is 19.4. The summed E-state index contributed by atoms with van der Waals surface area (Å²) >= 11 is 0. The molecule has 0 amide bonds. The van der Waals surface area contributed by atoms with Crippen molar-refractivity contribution in [1.29, 1.82) is 0 Å². The van der Waals surface area contributed by atoms with Gasteiger partial charge in [0.15, 0.2) is 11.3 Å². The standard InChI is InChI=1S/C20H21F5N6O2/c1-32-13-5-12(11-33-15-3-2-4-26-18(15)20(23,24)25)8-30(9-13)17-7-27-14-6-28-31(10-16(21)22)19(14)29-17/h2-4,6-7,12-13,16H,5,8-11H2,1H3. The second-order valence-electron chi connectivity index (χ2n) is 7.68. The molecule has 1 fully saturated rings. The molecule has 1 aliphatic rings. The number of ether oxygens (including phenoxy) is 2. The van der Waals surface area contributed by atoms with Crippen LogP contribution in [0.15, 0.2) is 30.7 Å². The van der Waals surface area contributed by atoms with E-state index >= 15 is 0 Å². The number of fused-ring (bicyclic) bond motifs is 1. The van der Waals surface area contributed by atoms with Gasteiger partial charge in [0.25, 0.3) is 6.43 Å². The largest absolute Gasteiger partial charge is 0.491 e. The quantitative estimate of drug-likeness (QED) is 0.488. The Morgan fingerprint density at radius 3 is 2.73 bits per heavy atom. The SMILES string of the molecule is COC1CC(COc2cccnc2C(F)(F)F)CN(c2cnc3cnn(CC(F)F)c3n2)C1. The summed E-state index contributed by atoms with van der Waals surface area (Å²) < 4.78 is 77.3.